The molecular formula is C26H30N2O6. The standard InChI is InChI=1S/C26H30N2O6/c1-26(2)12-13-28(22(26)24(30)31)23(29)21(33-3)14-27-25(32)34-15-20-18-10-6-4-8-16(18)17-9-5-7-11-19(17)20/h4-11,20-22H,12-15H2,1-3H3,(H,27,32)(H,30,31). The molecule has 1 fully saturated rings. The zero-order chi connectivity index (χ0) is 24.5. The molecule has 0 spiro atoms. The normalized spacial score (nSPS) is 19.3. The van der Waals surface area contributed by atoms with Gasteiger partial charge in [0.15, 0.2) is 6.10 Å². The Morgan fingerprint density at radius 3 is 2.24 bits per heavy atom. The molecule has 2 unspecified atom stereocenters. The number of benzene rings is 2. The van der Waals surface area contributed by atoms with Crippen molar-refractivity contribution < 1.29 is 29.0 Å². The molecule has 2 amide bonds. The number of likely N-dealkylation sites (tertiary alicyclic amines) is 1. The molecule has 1 saturated heterocycles. The number of aliphatic carboxylic acids is 1. The smallest absolute Gasteiger partial charge is 0.407 e. The van der Waals surface area contributed by atoms with Gasteiger partial charge in [-0.05, 0) is 34.1 Å². The van der Waals surface area contributed by atoms with Crippen molar-refractivity contribution in [1.82, 2.24) is 10.2 Å². The van der Waals surface area contributed by atoms with Crippen LogP contribution in [-0.4, -0.2) is 66.9 Å². The molecular weight excluding hydrogens is 436 g/mol. The fraction of sp³-hybridized carbons (Fsp3) is 0.423. The number of rotatable bonds is 7. The van der Waals surface area contributed by atoms with Gasteiger partial charge >= 0.3 is 12.1 Å². The Morgan fingerprint density at radius 2 is 1.68 bits per heavy atom. The average molecular weight is 467 g/mol. The van der Waals surface area contributed by atoms with Crippen molar-refractivity contribution in [2.45, 2.75) is 38.3 Å². The largest absolute Gasteiger partial charge is 0.480 e. The number of alkyl carbamates (subject to hydrolysis) is 1. The molecule has 0 radical (unpaired) electrons. The monoisotopic (exact) mass is 466 g/mol. The zero-order valence-electron chi connectivity index (χ0n) is 19.6. The SMILES string of the molecule is COC(CNC(=O)OCC1c2ccccc2-c2ccccc21)C(=O)N1CCC(C)(C)C1C(=O)O. The molecule has 8 nitrogen and oxygen atoms in total. The molecule has 0 bridgehead atoms. The fourth-order valence-corrected chi connectivity index (χ4v) is 5.08. The topological polar surface area (TPSA) is 105 Å². The number of hydrogen-bond donors (Lipinski definition) is 2. The number of carbonyl (C=O) groups excluding carboxylic acids is 2. The predicted molar refractivity (Wildman–Crippen MR) is 125 cm³/mol. The number of nitrogens with one attached hydrogen (secondary N) is 1. The number of ether oxygens (including phenoxy) is 2. The van der Waals surface area contributed by atoms with Crippen LogP contribution in [0.25, 0.3) is 11.1 Å². The first-order valence-corrected chi connectivity index (χ1v) is 11.4. The first-order chi connectivity index (χ1) is 16.2. The van der Waals surface area contributed by atoms with Gasteiger partial charge < -0.3 is 24.8 Å². The van der Waals surface area contributed by atoms with E-state index in [0.717, 1.165) is 22.3 Å². The molecule has 34 heavy (non-hydrogen) atoms. The van der Waals surface area contributed by atoms with E-state index in [1.54, 1.807) is 0 Å². The molecule has 1 aliphatic heterocycles. The first kappa shape index (κ1) is 23.8. The summed E-state index contributed by atoms with van der Waals surface area (Å²) in [6.45, 7) is 4.03. The van der Waals surface area contributed by atoms with E-state index in [1.807, 2.05) is 50.2 Å². The van der Waals surface area contributed by atoms with Gasteiger partial charge in [-0.15, -0.1) is 0 Å². The Kier molecular flexibility index (Phi) is 6.61. The van der Waals surface area contributed by atoms with Crippen molar-refractivity contribution in [2.24, 2.45) is 5.41 Å². The van der Waals surface area contributed by atoms with Gasteiger partial charge in [-0.25, -0.2) is 9.59 Å². The minimum Gasteiger partial charge on any atom is -0.480 e. The summed E-state index contributed by atoms with van der Waals surface area (Å²) in [7, 11) is 1.36. The van der Waals surface area contributed by atoms with Crippen LogP contribution in [0.4, 0.5) is 4.79 Å². The van der Waals surface area contributed by atoms with Crippen LogP contribution in [0.2, 0.25) is 0 Å². The van der Waals surface area contributed by atoms with Gasteiger partial charge in [0.1, 0.15) is 12.6 Å². The van der Waals surface area contributed by atoms with E-state index < -0.39 is 35.5 Å². The lowest BCUT2D eigenvalue weighted by Crippen LogP contribution is -2.52. The van der Waals surface area contributed by atoms with Gasteiger partial charge in [0.2, 0.25) is 0 Å². The fourth-order valence-electron chi connectivity index (χ4n) is 5.08. The number of methoxy groups -OCH3 is 1. The van der Waals surface area contributed by atoms with E-state index in [9.17, 15) is 19.5 Å². The van der Waals surface area contributed by atoms with Crippen LogP contribution < -0.4 is 5.32 Å². The minimum atomic E-state index is -1.05. The summed E-state index contributed by atoms with van der Waals surface area (Å²) in [5.41, 5.74) is 3.95. The maximum atomic E-state index is 13.0. The number of nitrogens with zero attached hydrogens (tertiary/aromatic N) is 1. The van der Waals surface area contributed by atoms with E-state index in [-0.39, 0.29) is 19.1 Å². The lowest BCUT2D eigenvalue weighted by atomic mass is 9.85. The lowest BCUT2D eigenvalue weighted by molar-refractivity contribution is -0.155. The number of fused-ring (bicyclic) bond motifs is 3. The van der Waals surface area contributed by atoms with Crippen molar-refractivity contribution in [1.29, 1.82) is 0 Å². The number of carboxylic acid groups (broad SMARTS) is 1. The molecule has 2 aromatic rings. The summed E-state index contributed by atoms with van der Waals surface area (Å²) in [6, 6.07) is 15.2. The van der Waals surface area contributed by atoms with Crippen LogP contribution in [0, 0.1) is 5.41 Å². The van der Waals surface area contributed by atoms with E-state index in [1.165, 1.54) is 12.0 Å². The van der Waals surface area contributed by atoms with Gasteiger partial charge in [-0.3, -0.25) is 4.79 Å². The molecule has 1 heterocycles. The van der Waals surface area contributed by atoms with Crippen LogP contribution in [0.5, 0.6) is 0 Å². The van der Waals surface area contributed by atoms with E-state index in [2.05, 4.69) is 17.4 Å². The Morgan fingerprint density at radius 1 is 1.09 bits per heavy atom. The van der Waals surface area contributed by atoms with E-state index in [0.29, 0.717) is 13.0 Å². The second kappa shape index (κ2) is 9.46. The summed E-state index contributed by atoms with van der Waals surface area (Å²) in [6.07, 6.45) is -1.09. The minimum absolute atomic E-state index is 0.0684. The van der Waals surface area contributed by atoms with Crippen molar-refractivity contribution in [2.75, 3.05) is 26.8 Å². The third kappa shape index (κ3) is 4.37. The lowest BCUT2D eigenvalue weighted by Gasteiger charge is -2.31. The maximum absolute atomic E-state index is 13.0. The van der Waals surface area contributed by atoms with Crippen molar-refractivity contribution in [3.05, 3.63) is 59.7 Å². The number of carboxylic acids is 1. The zero-order valence-corrected chi connectivity index (χ0v) is 19.6. The van der Waals surface area contributed by atoms with Crippen molar-refractivity contribution in [3.63, 3.8) is 0 Å². The average Bonchev–Trinajstić information content (AvgIpc) is 3.31. The summed E-state index contributed by atoms with van der Waals surface area (Å²) >= 11 is 0. The molecule has 1 aliphatic carbocycles. The third-order valence-electron chi connectivity index (χ3n) is 6.90. The van der Waals surface area contributed by atoms with Crippen LogP contribution in [0.15, 0.2) is 48.5 Å². The molecule has 2 atom stereocenters. The third-order valence-corrected chi connectivity index (χ3v) is 6.90. The van der Waals surface area contributed by atoms with Gasteiger partial charge in [0, 0.05) is 19.6 Å². The second-order valence-corrected chi connectivity index (χ2v) is 9.44. The molecule has 2 aromatic carbocycles. The molecule has 2 aliphatic rings. The van der Waals surface area contributed by atoms with Crippen LogP contribution in [0.1, 0.15) is 37.3 Å². The highest BCUT2D eigenvalue weighted by Crippen LogP contribution is 2.44. The highest BCUT2D eigenvalue weighted by molar-refractivity contribution is 5.88. The van der Waals surface area contributed by atoms with Crippen molar-refractivity contribution in [3.8, 4) is 11.1 Å². The van der Waals surface area contributed by atoms with Crippen LogP contribution in [0.3, 0.4) is 0 Å². The Hall–Kier alpha value is -3.39. The number of hydrogen-bond acceptors (Lipinski definition) is 5. The first-order valence-electron chi connectivity index (χ1n) is 11.4. The Labute approximate surface area is 198 Å². The maximum Gasteiger partial charge on any atom is 0.407 e. The highest BCUT2D eigenvalue weighted by Gasteiger charge is 2.48. The quantitative estimate of drug-likeness (QED) is 0.649. The number of amides is 2. The predicted octanol–water partition coefficient (Wildman–Crippen LogP) is 3.25. The van der Waals surface area contributed by atoms with Gasteiger partial charge in [0.25, 0.3) is 5.91 Å². The molecule has 4 rings (SSSR count). The highest BCUT2D eigenvalue weighted by atomic mass is 16.5. The van der Waals surface area contributed by atoms with Crippen LogP contribution >= 0.6 is 0 Å². The molecule has 0 saturated carbocycles. The Balaban J connectivity index is 1.36. The van der Waals surface area contributed by atoms with Gasteiger partial charge in [-0.2, -0.15) is 0 Å². The molecule has 180 valence electrons. The van der Waals surface area contributed by atoms with Gasteiger partial charge in [-0.1, -0.05) is 62.4 Å². The summed E-state index contributed by atoms with van der Waals surface area (Å²) in [5.74, 6) is -1.57. The van der Waals surface area contributed by atoms with E-state index in [4.69, 9.17) is 9.47 Å². The molecule has 8 heteroatoms. The summed E-state index contributed by atoms with van der Waals surface area (Å²) in [5, 5.41) is 12.2. The van der Waals surface area contributed by atoms with Gasteiger partial charge in [0.05, 0.1) is 6.54 Å². The van der Waals surface area contributed by atoms with E-state index >= 15 is 0 Å². The second-order valence-electron chi connectivity index (χ2n) is 9.44. The Bertz CT molecular complexity index is 1050. The molecule has 0 aromatic heterocycles. The molecule has 2 N–H and O–H groups in total. The summed E-state index contributed by atoms with van der Waals surface area (Å²) in [4.78, 5) is 38.5. The van der Waals surface area contributed by atoms with Crippen molar-refractivity contribution >= 4 is 18.0 Å². The number of carbonyl (C=O) groups is 3. The van der Waals surface area contributed by atoms with Crippen LogP contribution in [-0.2, 0) is 19.1 Å². The summed E-state index contributed by atoms with van der Waals surface area (Å²) < 4.78 is 10.8.